The number of hydrogen-bond acceptors (Lipinski definition) is 5. The van der Waals surface area contributed by atoms with Crippen molar-refractivity contribution in [1.29, 1.82) is 0 Å². The number of unbranched alkanes of at least 4 members (excludes halogenated alkanes) is 2. The van der Waals surface area contributed by atoms with Gasteiger partial charge in [-0.15, -0.1) is 0 Å². The monoisotopic (exact) mass is 433 g/mol. The van der Waals surface area contributed by atoms with Gasteiger partial charge in [0.15, 0.2) is 11.6 Å². The van der Waals surface area contributed by atoms with E-state index in [1.807, 2.05) is 45.0 Å². The summed E-state index contributed by atoms with van der Waals surface area (Å²) in [5.74, 6) is -0.620. The number of ketones is 2. The molecule has 2 N–H and O–H groups in total. The molecule has 0 radical (unpaired) electrons. The maximum Gasteiger partial charge on any atom is 1.00 e. The minimum atomic E-state index is -0.274. The standard InChI is InChI=1S/C22H23NO3S.C2H6.Na/c1-3-4-5-6-14-12-18(25)20-16(9-10-17(24)21(20)22(14)26)23-15-8-7-13(2)11-19(15)27;1-2;/h6-11,23-24,27H,3-5,12H2,1-2H3;1-2H3;/q;;+1/p-1/b14-6+;;. The van der Waals surface area contributed by atoms with Gasteiger partial charge in [0.05, 0.1) is 16.8 Å². The molecule has 3 rings (SSSR count). The Morgan fingerprint density at radius 3 is 2.40 bits per heavy atom. The molecular formula is C24H28NNaO3S. The van der Waals surface area contributed by atoms with E-state index in [0.717, 1.165) is 24.8 Å². The fraction of sp³-hybridized carbons (Fsp3) is 0.333. The van der Waals surface area contributed by atoms with Crippen LogP contribution in [0, 0.1) is 6.92 Å². The van der Waals surface area contributed by atoms with Crippen molar-refractivity contribution < 1.29 is 44.3 Å². The zero-order chi connectivity index (χ0) is 21.6. The van der Waals surface area contributed by atoms with Gasteiger partial charge in [-0.2, -0.15) is 4.90 Å². The number of rotatable bonds is 5. The molecule has 0 spiro atoms. The van der Waals surface area contributed by atoms with Crippen LogP contribution in [0.25, 0.3) is 0 Å². The predicted molar refractivity (Wildman–Crippen MR) is 120 cm³/mol. The zero-order valence-electron chi connectivity index (χ0n) is 18.5. The quantitative estimate of drug-likeness (QED) is 0.249. The number of carbonyl (C=O) groups is 2. The third-order valence-corrected chi connectivity index (χ3v) is 5.02. The number of allylic oxidation sites excluding steroid dienone is 2. The molecule has 0 aliphatic heterocycles. The van der Waals surface area contributed by atoms with Gasteiger partial charge in [-0.05, 0) is 31.5 Å². The summed E-state index contributed by atoms with van der Waals surface area (Å²) in [7, 11) is 0. The number of carbonyl (C=O) groups excluding carboxylic acids is 2. The Hall–Kier alpha value is -1.66. The van der Waals surface area contributed by atoms with Crippen molar-refractivity contribution in [3.8, 4) is 5.75 Å². The molecule has 0 amide bonds. The molecule has 0 unspecified atom stereocenters. The van der Waals surface area contributed by atoms with Crippen molar-refractivity contribution in [3.05, 3.63) is 58.7 Å². The second-order valence-corrected chi connectivity index (χ2v) is 7.25. The minimum Gasteiger partial charge on any atom is -0.778 e. The zero-order valence-corrected chi connectivity index (χ0v) is 21.3. The Labute approximate surface area is 206 Å². The van der Waals surface area contributed by atoms with Gasteiger partial charge in [-0.1, -0.05) is 57.4 Å². The second kappa shape index (κ2) is 12.3. The molecule has 154 valence electrons. The first kappa shape index (κ1) is 26.4. The van der Waals surface area contributed by atoms with E-state index >= 15 is 0 Å². The second-order valence-electron chi connectivity index (χ2n) is 6.81. The van der Waals surface area contributed by atoms with Gasteiger partial charge in [0, 0.05) is 17.7 Å². The third-order valence-electron chi connectivity index (χ3n) is 4.69. The normalized spacial score (nSPS) is 13.8. The molecule has 1 aliphatic carbocycles. The van der Waals surface area contributed by atoms with Crippen molar-refractivity contribution in [2.45, 2.75) is 58.3 Å². The summed E-state index contributed by atoms with van der Waals surface area (Å²) in [4.78, 5) is 26.3. The number of aryl methyl sites for hydroxylation is 1. The van der Waals surface area contributed by atoms with E-state index in [1.165, 1.54) is 6.07 Å². The molecule has 0 aromatic heterocycles. The largest absolute Gasteiger partial charge is 1.00 e. The van der Waals surface area contributed by atoms with E-state index in [1.54, 1.807) is 6.07 Å². The summed E-state index contributed by atoms with van der Waals surface area (Å²) < 4.78 is 0. The summed E-state index contributed by atoms with van der Waals surface area (Å²) in [6.07, 6.45) is 4.61. The average molecular weight is 434 g/mol. The van der Waals surface area contributed by atoms with Gasteiger partial charge < -0.3 is 23.1 Å². The third kappa shape index (κ3) is 5.94. The summed E-state index contributed by atoms with van der Waals surface area (Å²) in [5, 5.41) is 13.4. The van der Waals surface area contributed by atoms with Crippen LogP contribution >= 0.6 is 0 Å². The maximum atomic E-state index is 12.9. The molecule has 0 fully saturated rings. The molecule has 0 heterocycles. The maximum absolute atomic E-state index is 12.9. The van der Waals surface area contributed by atoms with Crippen LogP contribution in [0.15, 0.2) is 46.9 Å². The number of Topliss-reactive ketones (excluding diaryl/α,β-unsaturated/α-hetero) is 2. The molecular weight excluding hydrogens is 405 g/mol. The molecule has 2 aromatic carbocycles. The van der Waals surface area contributed by atoms with Gasteiger partial charge in [-0.3, -0.25) is 9.59 Å². The molecule has 0 atom stereocenters. The first-order chi connectivity index (χ1) is 13.9. The molecule has 1 aliphatic rings. The summed E-state index contributed by atoms with van der Waals surface area (Å²) in [6, 6.07) is 8.69. The summed E-state index contributed by atoms with van der Waals surface area (Å²) in [6.45, 7) is 8.03. The van der Waals surface area contributed by atoms with Gasteiger partial charge in [-0.25, -0.2) is 0 Å². The van der Waals surface area contributed by atoms with Crippen LogP contribution in [0.2, 0.25) is 0 Å². The van der Waals surface area contributed by atoms with Crippen molar-refractivity contribution in [2.75, 3.05) is 5.32 Å². The van der Waals surface area contributed by atoms with E-state index in [4.69, 9.17) is 12.6 Å². The Morgan fingerprint density at radius 2 is 1.77 bits per heavy atom. The number of phenols is 1. The SMILES string of the molecule is CC.CCCC/C=C1\CC(=O)c2c(Nc3ccc(C)cc3[S-])ccc(O)c2C1=O.[Na+]. The Balaban J connectivity index is 0.00000146. The van der Waals surface area contributed by atoms with E-state index in [0.29, 0.717) is 21.8 Å². The minimum absolute atomic E-state index is 0. The van der Waals surface area contributed by atoms with Gasteiger partial charge in [0.1, 0.15) is 5.75 Å². The van der Waals surface area contributed by atoms with Crippen molar-refractivity contribution in [1.82, 2.24) is 0 Å². The van der Waals surface area contributed by atoms with Crippen LogP contribution in [-0.4, -0.2) is 16.7 Å². The van der Waals surface area contributed by atoms with Crippen molar-refractivity contribution >= 4 is 35.6 Å². The van der Waals surface area contributed by atoms with Crippen LogP contribution < -0.4 is 34.9 Å². The van der Waals surface area contributed by atoms with Crippen LogP contribution in [0.1, 0.15) is 72.7 Å². The molecule has 2 aromatic rings. The van der Waals surface area contributed by atoms with Gasteiger partial charge in [0.25, 0.3) is 0 Å². The Bertz CT molecular complexity index is 954. The number of hydrogen-bond donors (Lipinski definition) is 2. The van der Waals surface area contributed by atoms with Crippen LogP contribution in [0.4, 0.5) is 11.4 Å². The first-order valence-electron chi connectivity index (χ1n) is 10.1. The fourth-order valence-corrected chi connectivity index (χ4v) is 3.55. The van der Waals surface area contributed by atoms with E-state index in [2.05, 4.69) is 12.2 Å². The van der Waals surface area contributed by atoms with E-state index in [-0.39, 0.29) is 64.4 Å². The number of anilines is 2. The van der Waals surface area contributed by atoms with Crippen LogP contribution in [0.3, 0.4) is 0 Å². The molecule has 30 heavy (non-hydrogen) atoms. The first-order valence-corrected chi connectivity index (χ1v) is 10.5. The predicted octanol–water partition coefficient (Wildman–Crippen LogP) is 3.27. The van der Waals surface area contributed by atoms with Crippen molar-refractivity contribution in [3.63, 3.8) is 0 Å². The molecule has 0 bridgehead atoms. The molecule has 0 saturated heterocycles. The summed E-state index contributed by atoms with van der Waals surface area (Å²) in [5.41, 5.74) is 3.01. The smallest absolute Gasteiger partial charge is 0.778 e. The van der Waals surface area contributed by atoms with Crippen LogP contribution in [0.5, 0.6) is 5.75 Å². The number of fused-ring (bicyclic) bond motifs is 1. The van der Waals surface area contributed by atoms with Crippen LogP contribution in [-0.2, 0) is 12.6 Å². The molecule has 0 saturated carbocycles. The Kier molecular flexibility index (Phi) is 10.8. The van der Waals surface area contributed by atoms with Crippen molar-refractivity contribution in [2.24, 2.45) is 0 Å². The molecule has 6 heteroatoms. The number of benzene rings is 2. The van der Waals surface area contributed by atoms with Gasteiger partial charge in [0.2, 0.25) is 0 Å². The summed E-state index contributed by atoms with van der Waals surface area (Å²) >= 11 is 5.38. The number of nitrogens with one attached hydrogen (secondary N) is 1. The average Bonchev–Trinajstić information content (AvgIpc) is 2.70. The number of phenolic OH excluding ortho intramolecular Hbond substituents is 1. The topological polar surface area (TPSA) is 66.4 Å². The van der Waals surface area contributed by atoms with E-state index in [9.17, 15) is 14.7 Å². The fourth-order valence-electron chi connectivity index (χ4n) is 3.24. The van der Waals surface area contributed by atoms with E-state index < -0.39 is 0 Å². The number of aromatic hydroxyl groups is 1. The Morgan fingerprint density at radius 1 is 1.10 bits per heavy atom. The van der Waals surface area contributed by atoms with Gasteiger partial charge >= 0.3 is 29.6 Å². The molecule has 4 nitrogen and oxygen atoms in total.